The van der Waals surface area contributed by atoms with Crippen LogP contribution in [0.4, 0.5) is 5.69 Å². The highest BCUT2D eigenvalue weighted by Gasteiger charge is 2.38. The van der Waals surface area contributed by atoms with E-state index in [4.69, 9.17) is 0 Å². The zero-order chi connectivity index (χ0) is 17.5. The number of thioether (sulfide) groups is 1. The molecule has 2 fully saturated rings. The topological polar surface area (TPSA) is 69.6 Å². The molecule has 1 aliphatic heterocycles. The molecule has 1 aromatic heterocycles. The van der Waals surface area contributed by atoms with Crippen LogP contribution < -0.4 is 10.6 Å². The monoisotopic (exact) mass is 489 g/mol. The van der Waals surface area contributed by atoms with E-state index in [0.717, 1.165) is 24.8 Å². The van der Waals surface area contributed by atoms with Gasteiger partial charge in [-0.2, -0.15) is 11.8 Å². The van der Waals surface area contributed by atoms with Crippen molar-refractivity contribution in [2.75, 3.05) is 37.8 Å². The molecular weight excluding hydrogens is 461 g/mol. The van der Waals surface area contributed by atoms with E-state index < -0.39 is 0 Å². The highest BCUT2D eigenvalue weighted by Crippen LogP contribution is 2.42. The maximum absolute atomic E-state index is 12.1. The van der Waals surface area contributed by atoms with Gasteiger partial charge in [-0.3, -0.25) is 14.8 Å². The maximum Gasteiger partial charge on any atom is 0.243 e. The molecule has 26 heavy (non-hydrogen) atoms. The SMILES string of the molecule is CN=C(NCC(=O)Nc1cccnc1)N1CCSC2(CCCCC2)C1.I. The largest absolute Gasteiger partial charge is 0.347 e. The highest BCUT2D eigenvalue weighted by molar-refractivity contribution is 14.0. The van der Waals surface area contributed by atoms with Crippen molar-refractivity contribution in [1.29, 1.82) is 0 Å². The Balaban J connectivity index is 0.00000243. The number of aliphatic imine (C=N–C) groups is 1. The Morgan fingerprint density at radius 2 is 2.19 bits per heavy atom. The Morgan fingerprint density at radius 3 is 2.88 bits per heavy atom. The van der Waals surface area contributed by atoms with Gasteiger partial charge in [0, 0.05) is 36.8 Å². The average molecular weight is 489 g/mol. The van der Waals surface area contributed by atoms with Crippen LogP contribution in [0.25, 0.3) is 0 Å². The van der Waals surface area contributed by atoms with Crippen LogP contribution in [-0.2, 0) is 4.79 Å². The van der Waals surface area contributed by atoms with Crippen LogP contribution in [0.5, 0.6) is 0 Å². The molecular formula is C18H28IN5OS. The predicted molar refractivity (Wildman–Crippen MR) is 119 cm³/mol. The molecule has 0 aromatic carbocycles. The van der Waals surface area contributed by atoms with Crippen LogP contribution in [0.15, 0.2) is 29.5 Å². The molecule has 1 aromatic rings. The summed E-state index contributed by atoms with van der Waals surface area (Å²) < 4.78 is 0.381. The molecule has 2 N–H and O–H groups in total. The predicted octanol–water partition coefficient (Wildman–Crippen LogP) is 2.97. The van der Waals surface area contributed by atoms with Gasteiger partial charge in [-0.1, -0.05) is 19.3 Å². The van der Waals surface area contributed by atoms with E-state index in [2.05, 4.69) is 37.3 Å². The number of carbonyl (C=O) groups excluding carboxylic acids is 1. The standard InChI is InChI=1S/C18H27N5OS.HI/c1-19-17(21-13-16(24)22-15-6-5-9-20-12-15)23-10-11-25-18(14-23)7-3-2-4-8-18;/h5-6,9,12H,2-4,7-8,10-11,13-14H2,1H3,(H,19,21)(H,22,24);1H. The lowest BCUT2D eigenvalue weighted by Gasteiger charge is -2.45. The van der Waals surface area contributed by atoms with Crippen LogP contribution in [0, 0.1) is 0 Å². The molecule has 2 heterocycles. The van der Waals surface area contributed by atoms with E-state index >= 15 is 0 Å². The number of halogens is 1. The number of nitrogens with one attached hydrogen (secondary N) is 2. The molecule has 1 spiro atoms. The normalized spacial score (nSPS) is 19.6. The summed E-state index contributed by atoms with van der Waals surface area (Å²) >= 11 is 2.13. The van der Waals surface area contributed by atoms with E-state index in [1.165, 1.54) is 32.1 Å². The number of amides is 1. The van der Waals surface area contributed by atoms with Crippen LogP contribution in [0.1, 0.15) is 32.1 Å². The van der Waals surface area contributed by atoms with Crippen molar-refractivity contribution < 1.29 is 4.79 Å². The summed E-state index contributed by atoms with van der Waals surface area (Å²) in [6.45, 7) is 2.22. The van der Waals surface area contributed by atoms with Gasteiger partial charge in [0.25, 0.3) is 0 Å². The molecule has 8 heteroatoms. The lowest BCUT2D eigenvalue weighted by molar-refractivity contribution is -0.115. The molecule has 0 unspecified atom stereocenters. The molecule has 0 radical (unpaired) electrons. The summed E-state index contributed by atoms with van der Waals surface area (Å²) in [5.41, 5.74) is 0.708. The quantitative estimate of drug-likeness (QED) is 0.388. The van der Waals surface area contributed by atoms with Crippen molar-refractivity contribution >= 4 is 53.3 Å². The first-order valence-corrected chi connectivity index (χ1v) is 9.99. The zero-order valence-corrected chi connectivity index (χ0v) is 18.4. The third-order valence-electron chi connectivity index (χ3n) is 4.88. The van der Waals surface area contributed by atoms with Crippen LogP contribution in [-0.4, -0.2) is 58.9 Å². The lowest BCUT2D eigenvalue weighted by atomic mass is 9.87. The average Bonchev–Trinajstić information content (AvgIpc) is 2.64. The lowest BCUT2D eigenvalue weighted by Crippen LogP contribution is -2.54. The third kappa shape index (κ3) is 5.73. The van der Waals surface area contributed by atoms with Gasteiger partial charge in [0.05, 0.1) is 18.4 Å². The van der Waals surface area contributed by atoms with Gasteiger partial charge in [0.1, 0.15) is 0 Å². The molecule has 1 amide bonds. The number of anilines is 1. The van der Waals surface area contributed by atoms with Crippen molar-refractivity contribution in [2.24, 2.45) is 4.99 Å². The van der Waals surface area contributed by atoms with Gasteiger partial charge in [-0.15, -0.1) is 24.0 Å². The third-order valence-corrected chi connectivity index (χ3v) is 6.41. The zero-order valence-electron chi connectivity index (χ0n) is 15.2. The van der Waals surface area contributed by atoms with Crippen molar-refractivity contribution in [2.45, 2.75) is 36.9 Å². The summed E-state index contributed by atoms with van der Waals surface area (Å²) in [7, 11) is 1.79. The number of nitrogens with zero attached hydrogens (tertiary/aromatic N) is 3. The number of rotatable bonds is 3. The molecule has 3 rings (SSSR count). The van der Waals surface area contributed by atoms with Crippen molar-refractivity contribution in [3.05, 3.63) is 24.5 Å². The molecule has 1 saturated heterocycles. The highest BCUT2D eigenvalue weighted by atomic mass is 127. The Labute approximate surface area is 177 Å². The summed E-state index contributed by atoms with van der Waals surface area (Å²) in [4.78, 5) is 22.9. The second-order valence-corrected chi connectivity index (χ2v) is 8.27. The van der Waals surface area contributed by atoms with Gasteiger partial charge >= 0.3 is 0 Å². The van der Waals surface area contributed by atoms with Crippen molar-refractivity contribution in [3.8, 4) is 0 Å². The Hall–Kier alpha value is -1.03. The second kappa shape index (κ2) is 10.3. The van der Waals surface area contributed by atoms with E-state index in [9.17, 15) is 4.79 Å². The van der Waals surface area contributed by atoms with E-state index in [1.54, 1.807) is 25.5 Å². The van der Waals surface area contributed by atoms with Crippen LogP contribution >= 0.6 is 35.7 Å². The Kier molecular flexibility index (Phi) is 8.46. The molecule has 0 bridgehead atoms. The Bertz CT molecular complexity index is 601. The van der Waals surface area contributed by atoms with E-state index in [0.29, 0.717) is 10.4 Å². The second-order valence-electron chi connectivity index (χ2n) is 6.70. The fourth-order valence-corrected chi connectivity index (χ4v) is 5.23. The minimum atomic E-state index is -0.0899. The van der Waals surface area contributed by atoms with Gasteiger partial charge < -0.3 is 15.5 Å². The van der Waals surface area contributed by atoms with Gasteiger partial charge in [0.15, 0.2) is 5.96 Å². The van der Waals surface area contributed by atoms with Crippen LogP contribution in [0.3, 0.4) is 0 Å². The minimum Gasteiger partial charge on any atom is -0.347 e. The fraction of sp³-hybridized carbons (Fsp3) is 0.611. The number of hydrogen-bond donors (Lipinski definition) is 2. The van der Waals surface area contributed by atoms with Crippen LogP contribution in [0.2, 0.25) is 0 Å². The maximum atomic E-state index is 12.1. The molecule has 1 saturated carbocycles. The molecule has 2 aliphatic rings. The fourth-order valence-electron chi connectivity index (χ4n) is 3.66. The number of aromatic nitrogens is 1. The molecule has 144 valence electrons. The van der Waals surface area contributed by atoms with E-state index in [-0.39, 0.29) is 36.4 Å². The summed E-state index contributed by atoms with van der Waals surface area (Å²) in [5.74, 6) is 1.86. The van der Waals surface area contributed by atoms with Gasteiger partial charge in [0.2, 0.25) is 5.91 Å². The molecule has 0 atom stereocenters. The Morgan fingerprint density at radius 1 is 1.38 bits per heavy atom. The van der Waals surface area contributed by atoms with Crippen molar-refractivity contribution in [3.63, 3.8) is 0 Å². The smallest absolute Gasteiger partial charge is 0.243 e. The number of carbonyl (C=O) groups is 1. The number of pyridine rings is 1. The molecule has 6 nitrogen and oxygen atoms in total. The number of hydrogen-bond acceptors (Lipinski definition) is 4. The van der Waals surface area contributed by atoms with E-state index in [1.807, 2.05) is 6.07 Å². The number of guanidine groups is 1. The summed E-state index contributed by atoms with van der Waals surface area (Å²) in [5, 5.41) is 6.05. The first-order valence-electron chi connectivity index (χ1n) is 9.00. The summed E-state index contributed by atoms with van der Waals surface area (Å²) in [6.07, 6.45) is 9.95. The minimum absolute atomic E-state index is 0. The van der Waals surface area contributed by atoms with Crippen molar-refractivity contribution in [1.82, 2.24) is 15.2 Å². The van der Waals surface area contributed by atoms with Gasteiger partial charge in [-0.25, -0.2) is 0 Å². The first kappa shape index (κ1) is 21.3. The molecule has 1 aliphatic carbocycles. The first-order chi connectivity index (χ1) is 12.2. The summed E-state index contributed by atoms with van der Waals surface area (Å²) in [6, 6.07) is 3.63. The van der Waals surface area contributed by atoms with Gasteiger partial charge in [-0.05, 0) is 25.0 Å².